The molecule has 114 valence electrons. The third-order valence-electron chi connectivity index (χ3n) is 3.10. The molecule has 0 bridgehead atoms. The molecular formula is C14H23NO3S2. The molecule has 0 heterocycles. The number of aliphatic hydroxyl groups is 1. The topological polar surface area (TPSA) is 66.4 Å². The van der Waals surface area contributed by atoms with Crippen LogP contribution in [0.1, 0.15) is 25.3 Å². The van der Waals surface area contributed by atoms with Gasteiger partial charge in [-0.3, -0.25) is 0 Å². The van der Waals surface area contributed by atoms with E-state index in [9.17, 15) is 8.42 Å². The van der Waals surface area contributed by atoms with E-state index in [-0.39, 0.29) is 6.61 Å². The number of aliphatic hydroxyl groups excluding tert-OH is 1. The van der Waals surface area contributed by atoms with Crippen molar-refractivity contribution in [1.82, 2.24) is 4.72 Å². The summed E-state index contributed by atoms with van der Waals surface area (Å²) in [5, 5.41) is 9.21. The molecule has 0 fully saturated rings. The Labute approximate surface area is 126 Å². The fourth-order valence-corrected chi connectivity index (χ4v) is 3.12. The minimum absolute atomic E-state index is 0.148. The molecule has 1 atom stereocenters. The summed E-state index contributed by atoms with van der Waals surface area (Å²) in [6.45, 7) is 2.68. The molecule has 0 saturated heterocycles. The normalized spacial score (nSPS) is 13.3. The van der Waals surface area contributed by atoms with Crippen molar-refractivity contribution in [2.45, 2.75) is 36.3 Å². The highest BCUT2D eigenvalue weighted by Gasteiger charge is 2.13. The van der Waals surface area contributed by atoms with E-state index in [1.165, 1.54) is 0 Å². The molecular weight excluding hydrogens is 294 g/mol. The van der Waals surface area contributed by atoms with Gasteiger partial charge in [0.1, 0.15) is 0 Å². The standard InChI is InChI=1S/C14H23NO3S2/c1-12(19-2)9-10-15-20(17,18)14-7-5-13(6-8-14)4-3-11-16/h5-8,12,15-16H,3-4,9-11H2,1-2H3. The van der Waals surface area contributed by atoms with Gasteiger partial charge < -0.3 is 5.11 Å². The van der Waals surface area contributed by atoms with Crippen LogP contribution in [0, 0.1) is 0 Å². The second-order valence-corrected chi connectivity index (χ2v) is 7.75. The molecule has 0 spiro atoms. The van der Waals surface area contributed by atoms with E-state index in [0.29, 0.717) is 23.1 Å². The van der Waals surface area contributed by atoms with Gasteiger partial charge in [0.05, 0.1) is 4.90 Å². The number of hydrogen-bond donors (Lipinski definition) is 2. The quantitative estimate of drug-likeness (QED) is 0.731. The average Bonchev–Trinajstić information content (AvgIpc) is 2.45. The van der Waals surface area contributed by atoms with Crippen LogP contribution in [0.4, 0.5) is 0 Å². The first kappa shape index (κ1) is 17.5. The second-order valence-electron chi connectivity index (χ2n) is 4.70. The van der Waals surface area contributed by atoms with Crippen molar-refractivity contribution in [2.24, 2.45) is 0 Å². The van der Waals surface area contributed by atoms with E-state index < -0.39 is 10.0 Å². The fourth-order valence-electron chi connectivity index (χ4n) is 1.72. The summed E-state index contributed by atoms with van der Waals surface area (Å²) in [7, 11) is -3.41. The summed E-state index contributed by atoms with van der Waals surface area (Å²) in [4.78, 5) is 0.294. The van der Waals surface area contributed by atoms with Gasteiger partial charge in [-0.2, -0.15) is 11.8 Å². The third kappa shape index (κ3) is 5.83. The van der Waals surface area contributed by atoms with Crippen LogP contribution in [0.5, 0.6) is 0 Å². The monoisotopic (exact) mass is 317 g/mol. The fraction of sp³-hybridized carbons (Fsp3) is 0.571. The van der Waals surface area contributed by atoms with Gasteiger partial charge >= 0.3 is 0 Å². The highest BCUT2D eigenvalue weighted by Crippen LogP contribution is 2.13. The summed E-state index contributed by atoms with van der Waals surface area (Å²) < 4.78 is 26.8. The van der Waals surface area contributed by atoms with Crippen LogP contribution in [-0.4, -0.2) is 38.2 Å². The Morgan fingerprint density at radius 3 is 2.50 bits per heavy atom. The first-order chi connectivity index (χ1) is 9.49. The van der Waals surface area contributed by atoms with Gasteiger partial charge in [-0.25, -0.2) is 13.1 Å². The zero-order valence-corrected chi connectivity index (χ0v) is 13.6. The van der Waals surface area contributed by atoms with E-state index in [4.69, 9.17) is 5.11 Å². The average molecular weight is 317 g/mol. The first-order valence-corrected chi connectivity index (χ1v) is 9.49. The van der Waals surface area contributed by atoms with Crippen LogP contribution in [0.3, 0.4) is 0 Å². The lowest BCUT2D eigenvalue weighted by Crippen LogP contribution is -2.26. The molecule has 2 N–H and O–H groups in total. The van der Waals surface area contributed by atoms with Gasteiger partial charge in [0.15, 0.2) is 0 Å². The molecule has 1 aromatic rings. The SMILES string of the molecule is CSC(C)CCNS(=O)(=O)c1ccc(CCCO)cc1. The molecule has 1 unspecified atom stereocenters. The molecule has 4 nitrogen and oxygen atoms in total. The van der Waals surface area contributed by atoms with Gasteiger partial charge in [-0.1, -0.05) is 19.1 Å². The van der Waals surface area contributed by atoms with Crippen molar-refractivity contribution in [3.63, 3.8) is 0 Å². The molecule has 0 radical (unpaired) electrons. The summed E-state index contributed by atoms with van der Waals surface area (Å²) in [5.74, 6) is 0. The van der Waals surface area contributed by atoms with Crippen LogP contribution < -0.4 is 4.72 Å². The van der Waals surface area contributed by atoms with E-state index in [1.807, 2.05) is 6.26 Å². The van der Waals surface area contributed by atoms with Gasteiger partial charge in [-0.05, 0) is 43.2 Å². The van der Waals surface area contributed by atoms with E-state index in [2.05, 4.69) is 11.6 Å². The molecule has 0 aliphatic heterocycles. The minimum Gasteiger partial charge on any atom is -0.396 e. The van der Waals surface area contributed by atoms with Crippen molar-refractivity contribution in [1.29, 1.82) is 0 Å². The molecule has 6 heteroatoms. The van der Waals surface area contributed by atoms with E-state index in [0.717, 1.165) is 18.4 Å². The van der Waals surface area contributed by atoms with Gasteiger partial charge in [0, 0.05) is 18.4 Å². The van der Waals surface area contributed by atoms with Gasteiger partial charge in [0.2, 0.25) is 10.0 Å². The molecule has 0 aliphatic rings. The van der Waals surface area contributed by atoms with Gasteiger partial charge in [-0.15, -0.1) is 0 Å². The van der Waals surface area contributed by atoms with Crippen molar-refractivity contribution in [3.8, 4) is 0 Å². The number of nitrogens with one attached hydrogen (secondary N) is 1. The molecule has 1 aromatic carbocycles. The maximum Gasteiger partial charge on any atom is 0.240 e. The van der Waals surface area contributed by atoms with Crippen LogP contribution in [0.2, 0.25) is 0 Å². The molecule has 0 aliphatic carbocycles. The maximum atomic E-state index is 12.1. The zero-order chi connectivity index (χ0) is 15.0. The van der Waals surface area contributed by atoms with Crippen LogP contribution in [0.15, 0.2) is 29.2 Å². The number of sulfonamides is 1. The number of benzene rings is 1. The Bertz CT molecular complexity index is 486. The van der Waals surface area contributed by atoms with Crippen LogP contribution >= 0.6 is 11.8 Å². The number of hydrogen-bond acceptors (Lipinski definition) is 4. The lowest BCUT2D eigenvalue weighted by atomic mass is 10.1. The Balaban J connectivity index is 2.58. The van der Waals surface area contributed by atoms with E-state index in [1.54, 1.807) is 36.0 Å². The van der Waals surface area contributed by atoms with Crippen molar-refractivity contribution >= 4 is 21.8 Å². The lowest BCUT2D eigenvalue weighted by Gasteiger charge is -2.10. The highest BCUT2D eigenvalue weighted by molar-refractivity contribution is 7.99. The molecule has 0 aromatic heterocycles. The summed E-state index contributed by atoms with van der Waals surface area (Å²) >= 11 is 1.73. The molecule has 20 heavy (non-hydrogen) atoms. The predicted octanol–water partition coefficient (Wildman–Crippen LogP) is 2.03. The van der Waals surface area contributed by atoms with Crippen molar-refractivity contribution in [3.05, 3.63) is 29.8 Å². The van der Waals surface area contributed by atoms with Crippen LogP contribution in [0.25, 0.3) is 0 Å². The summed E-state index contributed by atoms with van der Waals surface area (Å²) in [5.41, 5.74) is 1.04. The zero-order valence-electron chi connectivity index (χ0n) is 12.0. The second kappa shape index (κ2) is 8.67. The molecule has 1 rings (SSSR count). The smallest absolute Gasteiger partial charge is 0.240 e. The third-order valence-corrected chi connectivity index (χ3v) is 5.62. The Kier molecular flexibility index (Phi) is 7.58. The Morgan fingerprint density at radius 2 is 1.95 bits per heavy atom. The predicted molar refractivity (Wildman–Crippen MR) is 84.6 cm³/mol. The molecule has 0 amide bonds. The summed E-state index contributed by atoms with van der Waals surface area (Å²) in [6.07, 6.45) is 4.28. The molecule has 0 saturated carbocycles. The van der Waals surface area contributed by atoms with Crippen LogP contribution in [-0.2, 0) is 16.4 Å². The number of aryl methyl sites for hydroxylation is 1. The highest BCUT2D eigenvalue weighted by atomic mass is 32.2. The van der Waals surface area contributed by atoms with Crippen molar-refractivity contribution in [2.75, 3.05) is 19.4 Å². The van der Waals surface area contributed by atoms with Crippen molar-refractivity contribution < 1.29 is 13.5 Å². The first-order valence-electron chi connectivity index (χ1n) is 6.72. The van der Waals surface area contributed by atoms with Gasteiger partial charge in [0.25, 0.3) is 0 Å². The minimum atomic E-state index is -3.41. The summed E-state index contributed by atoms with van der Waals surface area (Å²) in [6, 6.07) is 6.84. The number of thioether (sulfide) groups is 1. The Hall–Kier alpha value is -0.560. The maximum absolute atomic E-state index is 12.1. The largest absolute Gasteiger partial charge is 0.396 e. The van der Waals surface area contributed by atoms with E-state index >= 15 is 0 Å². The number of rotatable bonds is 9. The Morgan fingerprint density at radius 1 is 1.30 bits per heavy atom. The lowest BCUT2D eigenvalue weighted by molar-refractivity contribution is 0.288.